The number of benzene rings is 1. The van der Waals surface area contributed by atoms with Crippen LogP contribution in [0.4, 0.5) is 5.82 Å². The fourth-order valence-electron chi connectivity index (χ4n) is 3.08. The summed E-state index contributed by atoms with van der Waals surface area (Å²) in [6, 6.07) is 11.6. The monoisotopic (exact) mass is 325 g/mol. The van der Waals surface area contributed by atoms with Crippen LogP contribution in [0.5, 0.6) is 0 Å². The molecule has 0 aliphatic carbocycles. The van der Waals surface area contributed by atoms with Crippen molar-refractivity contribution >= 4 is 11.7 Å². The summed E-state index contributed by atoms with van der Waals surface area (Å²) in [5, 5.41) is 10.6. The van der Waals surface area contributed by atoms with E-state index in [0.29, 0.717) is 0 Å². The van der Waals surface area contributed by atoms with E-state index in [9.17, 15) is 9.90 Å². The molecule has 126 valence electrons. The van der Waals surface area contributed by atoms with Crippen LogP contribution in [0.1, 0.15) is 29.7 Å². The van der Waals surface area contributed by atoms with Gasteiger partial charge in [0.15, 0.2) is 0 Å². The normalized spacial score (nSPS) is 16.1. The van der Waals surface area contributed by atoms with Gasteiger partial charge in [0.2, 0.25) is 5.91 Å². The highest BCUT2D eigenvalue weighted by Gasteiger charge is 2.21. The number of hydrogen-bond donors (Lipinski definition) is 1. The van der Waals surface area contributed by atoms with Gasteiger partial charge in [-0.05, 0) is 24.1 Å². The molecule has 5 heteroatoms. The van der Waals surface area contributed by atoms with E-state index in [0.717, 1.165) is 48.7 Å². The Hall–Kier alpha value is -2.40. The highest BCUT2D eigenvalue weighted by atomic mass is 16.3. The predicted octanol–water partition coefficient (Wildman–Crippen LogP) is 2.14. The number of piperazine rings is 1. The molecule has 0 saturated carbocycles. The summed E-state index contributed by atoms with van der Waals surface area (Å²) in [4.78, 5) is 20.0. The van der Waals surface area contributed by atoms with Crippen LogP contribution in [0.25, 0.3) is 0 Å². The second-order valence-corrected chi connectivity index (χ2v) is 6.21. The Balaban J connectivity index is 1.75. The SMILES string of the molecule is CC(=O)N1CCN(c2cc(C)c([C@H](O)c3ccccc3)cn2)CC1. The van der Waals surface area contributed by atoms with Gasteiger partial charge in [-0.3, -0.25) is 4.79 Å². The second kappa shape index (κ2) is 7.01. The number of rotatable bonds is 3. The topological polar surface area (TPSA) is 56.7 Å². The van der Waals surface area contributed by atoms with Crippen molar-refractivity contribution in [2.24, 2.45) is 0 Å². The number of anilines is 1. The van der Waals surface area contributed by atoms with Gasteiger partial charge in [0, 0.05) is 44.9 Å². The molecular formula is C19H23N3O2. The van der Waals surface area contributed by atoms with Crippen molar-refractivity contribution in [2.45, 2.75) is 20.0 Å². The lowest BCUT2D eigenvalue weighted by molar-refractivity contribution is -0.129. The number of aliphatic hydroxyl groups excluding tert-OH is 1. The highest BCUT2D eigenvalue weighted by Crippen LogP contribution is 2.26. The first-order valence-corrected chi connectivity index (χ1v) is 8.26. The molecule has 1 N–H and O–H groups in total. The van der Waals surface area contributed by atoms with Crippen molar-refractivity contribution in [1.29, 1.82) is 0 Å². The van der Waals surface area contributed by atoms with E-state index in [-0.39, 0.29) is 5.91 Å². The van der Waals surface area contributed by atoms with E-state index < -0.39 is 6.10 Å². The fourth-order valence-corrected chi connectivity index (χ4v) is 3.08. The van der Waals surface area contributed by atoms with Crippen molar-refractivity contribution in [3.05, 3.63) is 59.3 Å². The van der Waals surface area contributed by atoms with Gasteiger partial charge in [-0.25, -0.2) is 4.98 Å². The minimum Gasteiger partial charge on any atom is -0.384 e. The summed E-state index contributed by atoms with van der Waals surface area (Å²) in [7, 11) is 0. The number of pyridine rings is 1. The summed E-state index contributed by atoms with van der Waals surface area (Å²) in [6.45, 7) is 6.63. The molecule has 24 heavy (non-hydrogen) atoms. The number of amides is 1. The third-order valence-corrected chi connectivity index (χ3v) is 4.60. The molecule has 1 aliphatic heterocycles. The van der Waals surface area contributed by atoms with Gasteiger partial charge in [0.1, 0.15) is 11.9 Å². The summed E-state index contributed by atoms with van der Waals surface area (Å²) >= 11 is 0. The van der Waals surface area contributed by atoms with Crippen LogP contribution in [-0.2, 0) is 4.79 Å². The molecule has 2 heterocycles. The highest BCUT2D eigenvalue weighted by molar-refractivity contribution is 5.73. The van der Waals surface area contributed by atoms with Crippen LogP contribution in [0, 0.1) is 6.92 Å². The molecule has 1 atom stereocenters. The van der Waals surface area contributed by atoms with E-state index in [1.807, 2.05) is 48.2 Å². The zero-order valence-electron chi connectivity index (χ0n) is 14.1. The minimum absolute atomic E-state index is 0.125. The maximum Gasteiger partial charge on any atom is 0.219 e. The lowest BCUT2D eigenvalue weighted by Crippen LogP contribution is -2.48. The van der Waals surface area contributed by atoms with Crippen LogP contribution >= 0.6 is 0 Å². The van der Waals surface area contributed by atoms with E-state index in [4.69, 9.17) is 0 Å². The smallest absolute Gasteiger partial charge is 0.219 e. The van der Waals surface area contributed by atoms with Crippen molar-refractivity contribution in [3.8, 4) is 0 Å². The number of carbonyl (C=O) groups is 1. The molecule has 1 fully saturated rings. The van der Waals surface area contributed by atoms with Crippen LogP contribution in [0.3, 0.4) is 0 Å². The van der Waals surface area contributed by atoms with Gasteiger partial charge in [-0.15, -0.1) is 0 Å². The Morgan fingerprint density at radius 3 is 2.42 bits per heavy atom. The third kappa shape index (κ3) is 3.41. The standard InChI is InChI=1S/C19H23N3O2/c1-14-12-18(22-10-8-21(9-11-22)15(2)23)20-13-17(14)19(24)16-6-4-3-5-7-16/h3-7,12-13,19,24H,8-11H2,1-2H3/t19-/m1/s1. The van der Waals surface area contributed by atoms with Crippen LogP contribution in [-0.4, -0.2) is 47.1 Å². The lowest BCUT2D eigenvalue weighted by Gasteiger charge is -2.35. The molecule has 5 nitrogen and oxygen atoms in total. The van der Waals surface area contributed by atoms with Gasteiger partial charge in [-0.2, -0.15) is 0 Å². The fraction of sp³-hybridized carbons (Fsp3) is 0.368. The number of aliphatic hydroxyl groups is 1. The zero-order chi connectivity index (χ0) is 17.1. The second-order valence-electron chi connectivity index (χ2n) is 6.21. The van der Waals surface area contributed by atoms with Crippen molar-refractivity contribution in [1.82, 2.24) is 9.88 Å². The average molecular weight is 325 g/mol. The van der Waals surface area contributed by atoms with Crippen LogP contribution in [0.15, 0.2) is 42.6 Å². The molecule has 1 aromatic heterocycles. The van der Waals surface area contributed by atoms with Crippen molar-refractivity contribution in [2.75, 3.05) is 31.1 Å². The predicted molar refractivity (Wildman–Crippen MR) is 93.9 cm³/mol. The van der Waals surface area contributed by atoms with Gasteiger partial charge in [0.25, 0.3) is 0 Å². The Bertz CT molecular complexity index is 710. The summed E-state index contributed by atoms with van der Waals surface area (Å²) < 4.78 is 0. The Kier molecular flexibility index (Phi) is 4.81. The lowest BCUT2D eigenvalue weighted by atomic mass is 9.99. The van der Waals surface area contributed by atoms with Crippen molar-refractivity contribution < 1.29 is 9.90 Å². The maximum absolute atomic E-state index is 11.4. The van der Waals surface area contributed by atoms with E-state index >= 15 is 0 Å². The van der Waals surface area contributed by atoms with E-state index in [1.54, 1.807) is 13.1 Å². The zero-order valence-corrected chi connectivity index (χ0v) is 14.1. The molecule has 0 bridgehead atoms. The molecule has 1 aromatic carbocycles. The van der Waals surface area contributed by atoms with Crippen molar-refractivity contribution in [3.63, 3.8) is 0 Å². The number of nitrogens with zero attached hydrogens (tertiary/aromatic N) is 3. The number of aryl methyl sites for hydroxylation is 1. The van der Waals surface area contributed by atoms with Crippen LogP contribution < -0.4 is 4.90 Å². The quantitative estimate of drug-likeness (QED) is 0.939. The molecule has 0 spiro atoms. The Labute approximate surface area is 142 Å². The number of aromatic nitrogens is 1. The molecular weight excluding hydrogens is 302 g/mol. The third-order valence-electron chi connectivity index (χ3n) is 4.60. The molecule has 0 radical (unpaired) electrons. The molecule has 1 saturated heterocycles. The summed E-state index contributed by atoms with van der Waals surface area (Å²) in [5.41, 5.74) is 2.71. The number of hydrogen-bond acceptors (Lipinski definition) is 4. The maximum atomic E-state index is 11.4. The molecule has 2 aromatic rings. The largest absolute Gasteiger partial charge is 0.384 e. The summed E-state index contributed by atoms with van der Waals surface area (Å²) in [6.07, 6.45) is 1.10. The number of carbonyl (C=O) groups excluding carboxylic acids is 1. The average Bonchev–Trinajstić information content (AvgIpc) is 2.62. The molecule has 0 unspecified atom stereocenters. The van der Waals surface area contributed by atoms with Gasteiger partial charge < -0.3 is 14.9 Å². The molecule has 1 amide bonds. The van der Waals surface area contributed by atoms with E-state index in [2.05, 4.69) is 9.88 Å². The Morgan fingerprint density at radius 2 is 1.83 bits per heavy atom. The first kappa shape index (κ1) is 16.5. The first-order chi connectivity index (χ1) is 11.6. The minimum atomic E-state index is -0.665. The summed E-state index contributed by atoms with van der Waals surface area (Å²) in [5.74, 6) is 1.03. The molecule has 3 rings (SSSR count). The van der Waals surface area contributed by atoms with Gasteiger partial charge in [0.05, 0.1) is 0 Å². The van der Waals surface area contributed by atoms with E-state index in [1.165, 1.54) is 0 Å². The Morgan fingerprint density at radius 1 is 1.17 bits per heavy atom. The van der Waals surface area contributed by atoms with Gasteiger partial charge in [-0.1, -0.05) is 30.3 Å². The first-order valence-electron chi connectivity index (χ1n) is 8.26. The van der Waals surface area contributed by atoms with Gasteiger partial charge >= 0.3 is 0 Å². The molecule has 1 aliphatic rings. The van der Waals surface area contributed by atoms with Crippen LogP contribution in [0.2, 0.25) is 0 Å².